The van der Waals surface area contributed by atoms with Crippen molar-refractivity contribution in [3.05, 3.63) is 42.1 Å². The first-order chi connectivity index (χ1) is 13.4. The lowest BCUT2D eigenvalue weighted by Gasteiger charge is -2.17. The third kappa shape index (κ3) is 4.30. The first kappa shape index (κ1) is 19.2. The number of amides is 1. The third-order valence-corrected chi connectivity index (χ3v) is 6.43. The summed E-state index contributed by atoms with van der Waals surface area (Å²) in [6.07, 6.45) is 6.18. The van der Waals surface area contributed by atoms with Crippen molar-refractivity contribution in [3.63, 3.8) is 0 Å². The van der Waals surface area contributed by atoms with Crippen LogP contribution in [0.25, 0.3) is 5.69 Å². The minimum Gasteiger partial charge on any atom is -0.309 e. The van der Waals surface area contributed by atoms with Crippen LogP contribution < -0.4 is 5.32 Å². The van der Waals surface area contributed by atoms with E-state index in [0.717, 1.165) is 23.7 Å². The van der Waals surface area contributed by atoms with Gasteiger partial charge in [0, 0.05) is 18.5 Å². The van der Waals surface area contributed by atoms with Crippen LogP contribution in [-0.4, -0.2) is 40.7 Å². The highest BCUT2D eigenvalue weighted by atomic mass is 16.2. The summed E-state index contributed by atoms with van der Waals surface area (Å²) in [7, 11) is 2.03. The summed E-state index contributed by atoms with van der Waals surface area (Å²) in [5.74, 6) is 2.02. The zero-order valence-electron chi connectivity index (χ0n) is 17.3. The Labute approximate surface area is 168 Å². The predicted octanol–water partition coefficient (Wildman–Crippen LogP) is 4.45. The molecule has 0 radical (unpaired) electrons. The molecule has 4 rings (SSSR count). The van der Waals surface area contributed by atoms with Crippen molar-refractivity contribution in [2.45, 2.75) is 51.9 Å². The van der Waals surface area contributed by atoms with Gasteiger partial charge in [0.25, 0.3) is 0 Å². The van der Waals surface area contributed by atoms with Gasteiger partial charge in [-0.2, -0.15) is 5.10 Å². The topological polar surface area (TPSA) is 50.2 Å². The van der Waals surface area contributed by atoms with Crippen LogP contribution in [-0.2, 0) is 4.79 Å². The second kappa shape index (κ2) is 7.70. The summed E-state index contributed by atoms with van der Waals surface area (Å²) in [5.41, 5.74) is 2.52. The molecule has 2 aromatic rings. The monoisotopic (exact) mass is 380 g/mol. The average Bonchev–Trinajstić information content (AvgIpc) is 3.07. The van der Waals surface area contributed by atoms with Crippen molar-refractivity contribution >= 4 is 11.7 Å². The number of para-hydroxylation sites is 1. The van der Waals surface area contributed by atoms with E-state index >= 15 is 0 Å². The minimum absolute atomic E-state index is 0.0241. The summed E-state index contributed by atoms with van der Waals surface area (Å²) in [5, 5.41) is 7.98. The summed E-state index contributed by atoms with van der Waals surface area (Å²) < 4.78 is 1.88. The number of rotatable bonds is 7. The van der Waals surface area contributed by atoms with Crippen LogP contribution in [0.4, 0.5) is 5.82 Å². The number of hydrogen-bond acceptors (Lipinski definition) is 3. The zero-order chi connectivity index (χ0) is 19.7. The van der Waals surface area contributed by atoms with Gasteiger partial charge in [0.15, 0.2) is 0 Å². The lowest BCUT2D eigenvalue weighted by Crippen LogP contribution is -2.32. The Bertz CT molecular complexity index is 820. The number of nitrogens with one attached hydrogen (secondary N) is 1. The van der Waals surface area contributed by atoms with Crippen molar-refractivity contribution in [3.8, 4) is 5.69 Å². The van der Waals surface area contributed by atoms with Gasteiger partial charge in [-0.1, -0.05) is 44.9 Å². The molecule has 2 aliphatic carbocycles. The fraction of sp³-hybridized carbons (Fsp3) is 0.565. The largest absolute Gasteiger partial charge is 0.309 e. The van der Waals surface area contributed by atoms with Gasteiger partial charge in [-0.15, -0.1) is 0 Å². The molecule has 0 bridgehead atoms. The fourth-order valence-electron chi connectivity index (χ4n) is 4.43. The van der Waals surface area contributed by atoms with Gasteiger partial charge in [0.05, 0.1) is 17.9 Å². The molecule has 28 heavy (non-hydrogen) atoms. The van der Waals surface area contributed by atoms with Gasteiger partial charge in [-0.25, -0.2) is 4.68 Å². The Morgan fingerprint density at radius 3 is 2.57 bits per heavy atom. The summed E-state index contributed by atoms with van der Waals surface area (Å²) in [6, 6.07) is 12.1. The number of nitrogens with zero attached hydrogens (tertiary/aromatic N) is 3. The first-order valence-electron chi connectivity index (χ1n) is 10.6. The molecule has 1 heterocycles. The molecule has 2 aliphatic rings. The number of benzene rings is 1. The molecule has 5 heteroatoms. The van der Waals surface area contributed by atoms with Gasteiger partial charge in [-0.05, 0) is 49.8 Å². The lowest BCUT2D eigenvalue weighted by molar-refractivity contribution is -0.117. The number of carbonyl (C=O) groups excluding carboxylic acids is 1. The van der Waals surface area contributed by atoms with E-state index in [-0.39, 0.29) is 5.91 Å². The normalized spacial score (nSPS) is 21.2. The maximum Gasteiger partial charge on any atom is 0.239 e. The molecule has 1 atom stereocenters. The molecular weight excluding hydrogens is 348 g/mol. The second-order valence-corrected chi connectivity index (χ2v) is 9.32. The van der Waals surface area contributed by atoms with Gasteiger partial charge >= 0.3 is 0 Å². The molecule has 0 saturated heterocycles. The smallest absolute Gasteiger partial charge is 0.239 e. The molecule has 5 nitrogen and oxygen atoms in total. The van der Waals surface area contributed by atoms with Gasteiger partial charge in [0.1, 0.15) is 5.82 Å². The molecule has 1 N–H and O–H groups in total. The van der Waals surface area contributed by atoms with Crippen LogP contribution in [0.1, 0.15) is 57.6 Å². The molecule has 0 aliphatic heterocycles. The Morgan fingerprint density at radius 1 is 1.25 bits per heavy atom. The van der Waals surface area contributed by atoms with E-state index in [9.17, 15) is 4.79 Å². The minimum atomic E-state index is 0.0241. The van der Waals surface area contributed by atoms with Crippen LogP contribution >= 0.6 is 0 Å². The maximum absolute atomic E-state index is 12.7. The molecule has 2 saturated carbocycles. The molecular formula is C23H32N4O. The Balaban J connectivity index is 1.47. The Morgan fingerprint density at radius 2 is 1.93 bits per heavy atom. The van der Waals surface area contributed by atoms with E-state index in [2.05, 4.69) is 30.1 Å². The van der Waals surface area contributed by atoms with Crippen LogP contribution in [0.5, 0.6) is 0 Å². The van der Waals surface area contributed by atoms with Crippen molar-refractivity contribution < 1.29 is 4.79 Å². The Hall–Kier alpha value is -2.14. The SMILES string of the molecule is CN(CC(=O)Nc1cc(C2CCCC2)nn1-c1ccccc1)CC1CC1(C)C. The van der Waals surface area contributed by atoms with Crippen molar-refractivity contribution in [1.82, 2.24) is 14.7 Å². The molecule has 1 aromatic heterocycles. The van der Waals surface area contributed by atoms with Crippen molar-refractivity contribution in [2.75, 3.05) is 25.5 Å². The number of carbonyl (C=O) groups is 1. The predicted molar refractivity (Wildman–Crippen MR) is 113 cm³/mol. The van der Waals surface area contributed by atoms with E-state index in [0.29, 0.717) is 23.8 Å². The summed E-state index contributed by atoms with van der Waals surface area (Å²) in [4.78, 5) is 14.8. The Kier molecular flexibility index (Phi) is 5.28. The van der Waals surface area contributed by atoms with Crippen molar-refractivity contribution in [2.24, 2.45) is 11.3 Å². The van der Waals surface area contributed by atoms with Crippen LogP contribution in [0.3, 0.4) is 0 Å². The molecule has 2 fully saturated rings. The maximum atomic E-state index is 12.7. The number of aromatic nitrogens is 2. The van der Waals surface area contributed by atoms with E-state index in [4.69, 9.17) is 5.10 Å². The van der Waals surface area contributed by atoms with E-state index in [1.165, 1.54) is 32.1 Å². The number of likely N-dealkylation sites (N-methyl/N-ethyl adjacent to an activating group) is 1. The molecule has 0 spiro atoms. The fourth-order valence-corrected chi connectivity index (χ4v) is 4.43. The molecule has 150 valence electrons. The highest BCUT2D eigenvalue weighted by Crippen LogP contribution is 2.51. The zero-order valence-corrected chi connectivity index (χ0v) is 17.3. The van der Waals surface area contributed by atoms with Gasteiger partial charge in [-0.3, -0.25) is 9.69 Å². The number of hydrogen-bond donors (Lipinski definition) is 1. The van der Waals surface area contributed by atoms with E-state index < -0.39 is 0 Å². The van der Waals surface area contributed by atoms with Crippen molar-refractivity contribution in [1.29, 1.82) is 0 Å². The third-order valence-electron chi connectivity index (χ3n) is 6.43. The molecule has 1 unspecified atom stereocenters. The first-order valence-corrected chi connectivity index (χ1v) is 10.6. The van der Waals surface area contributed by atoms with Crippen LogP contribution in [0, 0.1) is 11.3 Å². The van der Waals surface area contributed by atoms with E-state index in [1.807, 2.05) is 42.1 Å². The standard InChI is InChI=1S/C23H32N4O/c1-23(2)14-18(23)15-26(3)16-22(28)24-21-13-20(17-9-7-8-10-17)25-27(21)19-11-5-4-6-12-19/h4-6,11-13,17-18H,7-10,14-16H2,1-3H3,(H,24,28). The highest BCUT2D eigenvalue weighted by molar-refractivity contribution is 5.91. The highest BCUT2D eigenvalue weighted by Gasteiger charge is 2.45. The number of anilines is 1. The molecule has 1 amide bonds. The van der Waals surface area contributed by atoms with E-state index in [1.54, 1.807) is 0 Å². The van der Waals surface area contributed by atoms with Crippen LogP contribution in [0.2, 0.25) is 0 Å². The summed E-state index contributed by atoms with van der Waals surface area (Å²) >= 11 is 0. The van der Waals surface area contributed by atoms with Gasteiger partial charge < -0.3 is 5.32 Å². The van der Waals surface area contributed by atoms with Crippen LogP contribution in [0.15, 0.2) is 36.4 Å². The van der Waals surface area contributed by atoms with Gasteiger partial charge in [0.2, 0.25) is 5.91 Å². The second-order valence-electron chi connectivity index (χ2n) is 9.32. The quantitative estimate of drug-likeness (QED) is 0.772. The lowest BCUT2D eigenvalue weighted by atomic mass is 10.0. The average molecular weight is 381 g/mol. The molecule has 1 aromatic carbocycles. The summed E-state index contributed by atoms with van der Waals surface area (Å²) in [6.45, 7) is 5.99.